The number of phenols is 1. The molecular formula is C24H19N5O2. The number of fused-ring (bicyclic) bond motifs is 1. The Morgan fingerprint density at radius 2 is 1.68 bits per heavy atom. The Kier molecular flexibility index (Phi) is 5.66. The highest BCUT2D eigenvalue weighted by molar-refractivity contribution is 5.95. The second kappa shape index (κ2) is 8.87. The summed E-state index contributed by atoms with van der Waals surface area (Å²) in [6.45, 7) is 0. The molecule has 0 heterocycles. The Labute approximate surface area is 178 Å². The number of nitrogens with one attached hydrogen (secondary N) is 1. The molecule has 4 aromatic rings. The number of carbonyl (C=O) groups is 1. The van der Waals surface area contributed by atoms with Crippen LogP contribution >= 0.6 is 0 Å². The topological polar surface area (TPSA) is 112 Å². The monoisotopic (exact) mass is 409 g/mol. The maximum absolute atomic E-state index is 12.1. The van der Waals surface area contributed by atoms with E-state index in [0.717, 1.165) is 16.5 Å². The first-order chi connectivity index (χ1) is 15.1. The summed E-state index contributed by atoms with van der Waals surface area (Å²) in [6, 6.07) is 25.0. The van der Waals surface area contributed by atoms with Crippen molar-refractivity contribution < 1.29 is 9.90 Å². The molecule has 0 radical (unpaired) electrons. The number of aromatic hydroxyl groups is 1. The van der Waals surface area contributed by atoms with Crippen LogP contribution in [-0.4, -0.2) is 17.2 Å². The summed E-state index contributed by atoms with van der Waals surface area (Å²) >= 11 is 0. The zero-order chi connectivity index (χ0) is 21.6. The lowest BCUT2D eigenvalue weighted by Gasteiger charge is -2.03. The molecule has 0 aliphatic rings. The zero-order valence-corrected chi connectivity index (χ0v) is 16.4. The van der Waals surface area contributed by atoms with Gasteiger partial charge in [0.1, 0.15) is 5.75 Å². The fourth-order valence-corrected chi connectivity index (χ4v) is 2.97. The maximum Gasteiger partial charge on any atom is 0.271 e. The van der Waals surface area contributed by atoms with Crippen LogP contribution in [0.5, 0.6) is 5.75 Å². The first-order valence-corrected chi connectivity index (χ1v) is 9.51. The molecule has 7 heteroatoms. The number of amides is 1. The number of azo groups is 1. The Morgan fingerprint density at radius 1 is 0.903 bits per heavy atom. The van der Waals surface area contributed by atoms with Crippen LogP contribution in [0.15, 0.2) is 100 Å². The van der Waals surface area contributed by atoms with Crippen LogP contribution in [0, 0.1) is 0 Å². The van der Waals surface area contributed by atoms with Gasteiger partial charge in [-0.05, 0) is 53.9 Å². The Balaban J connectivity index is 1.50. The summed E-state index contributed by atoms with van der Waals surface area (Å²) in [6.07, 6.45) is 1.35. The smallest absolute Gasteiger partial charge is 0.271 e. The first-order valence-electron chi connectivity index (χ1n) is 9.51. The maximum atomic E-state index is 12.1. The quantitative estimate of drug-likeness (QED) is 0.180. The van der Waals surface area contributed by atoms with Crippen molar-refractivity contribution in [2.24, 2.45) is 15.3 Å². The molecule has 0 aromatic heterocycles. The van der Waals surface area contributed by atoms with E-state index in [4.69, 9.17) is 5.73 Å². The Bertz CT molecular complexity index is 1290. The number of carbonyl (C=O) groups excluding carboxylic acids is 1. The predicted octanol–water partition coefficient (Wildman–Crippen LogP) is 5.31. The van der Waals surface area contributed by atoms with Crippen molar-refractivity contribution in [1.29, 1.82) is 0 Å². The molecule has 0 saturated carbocycles. The van der Waals surface area contributed by atoms with Gasteiger partial charge in [-0.15, -0.1) is 5.11 Å². The first kappa shape index (κ1) is 19.8. The molecule has 0 unspecified atom stereocenters. The Morgan fingerprint density at radius 3 is 2.52 bits per heavy atom. The Hall–Kier alpha value is -4.52. The number of benzene rings is 4. The fraction of sp³-hybridized carbons (Fsp3) is 0. The van der Waals surface area contributed by atoms with E-state index in [1.54, 1.807) is 36.4 Å². The summed E-state index contributed by atoms with van der Waals surface area (Å²) in [5.41, 5.74) is 10.7. The van der Waals surface area contributed by atoms with Gasteiger partial charge in [0.05, 0.1) is 17.6 Å². The molecule has 7 nitrogen and oxygen atoms in total. The number of rotatable bonds is 5. The van der Waals surface area contributed by atoms with Gasteiger partial charge in [-0.25, -0.2) is 5.43 Å². The standard InChI is InChI=1S/C24H19N5O2/c25-19-10-8-17(9-11-19)24(31)29-26-15-18-14-20(12-13-23(18)30)27-28-22-7-3-5-16-4-1-2-6-21(16)22/h1-15,30H,25H2,(H,29,31)/b26-15+,28-27?. The number of nitrogen functional groups attached to an aromatic ring is 1. The molecule has 0 spiro atoms. The van der Waals surface area contributed by atoms with E-state index in [1.165, 1.54) is 12.3 Å². The summed E-state index contributed by atoms with van der Waals surface area (Å²) in [4.78, 5) is 12.1. The predicted molar refractivity (Wildman–Crippen MR) is 122 cm³/mol. The number of phenolic OH excluding ortho intramolecular Hbond substituents is 1. The fourth-order valence-electron chi connectivity index (χ4n) is 2.97. The van der Waals surface area contributed by atoms with E-state index in [2.05, 4.69) is 20.8 Å². The highest BCUT2D eigenvalue weighted by Crippen LogP contribution is 2.28. The molecule has 1 amide bonds. The van der Waals surface area contributed by atoms with Gasteiger partial charge in [-0.2, -0.15) is 10.2 Å². The van der Waals surface area contributed by atoms with E-state index < -0.39 is 0 Å². The lowest BCUT2D eigenvalue weighted by Crippen LogP contribution is -2.17. The van der Waals surface area contributed by atoms with Crippen LogP contribution in [0.25, 0.3) is 10.8 Å². The van der Waals surface area contributed by atoms with Crippen molar-refractivity contribution in [3.05, 3.63) is 96.1 Å². The van der Waals surface area contributed by atoms with E-state index >= 15 is 0 Å². The molecular weight excluding hydrogens is 390 g/mol. The SMILES string of the molecule is Nc1ccc(C(=O)N/N=C/c2cc(N=Nc3cccc4ccccc34)ccc2O)cc1. The van der Waals surface area contributed by atoms with Crippen LogP contribution in [0.3, 0.4) is 0 Å². The normalized spacial score (nSPS) is 11.4. The summed E-state index contributed by atoms with van der Waals surface area (Å²) < 4.78 is 0. The van der Waals surface area contributed by atoms with Crippen LogP contribution in [-0.2, 0) is 0 Å². The van der Waals surface area contributed by atoms with E-state index in [9.17, 15) is 9.90 Å². The average molecular weight is 409 g/mol. The molecule has 4 rings (SSSR count). The van der Waals surface area contributed by atoms with Gasteiger partial charge in [0.15, 0.2) is 0 Å². The number of hydrogen-bond acceptors (Lipinski definition) is 6. The van der Waals surface area contributed by atoms with Crippen LogP contribution in [0.4, 0.5) is 17.1 Å². The summed E-state index contributed by atoms with van der Waals surface area (Å²) in [5.74, 6) is -0.378. The molecule has 0 aliphatic carbocycles. The van der Waals surface area contributed by atoms with Gasteiger partial charge in [-0.1, -0.05) is 36.4 Å². The van der Waals surface area contributed by atoms with Gasteiger partial charge in [0.25, 0.3) is 5.91 Å². The molecule has 0 saturated heterocycles. The van der Waals surface area contributed by atoms with Gasteiger partial charge in [0.2, 0.25) is 0 Å². The second-order valence-corrected chi connectivity index (χ2v) is 6.76. The highest BCUT2D eigenvalue weighted by Gasteiger charge is 2.05. The number of anilines is 1. The largest absolute Gasteiger partial charge is 0.507 e. The van der Waals surface area contributed by atoms with Gasteiger partial charge in [0, 0.05) is 22.2 Å². The molecule has 4 N–H and O–H groups in total. The lowest BCUT2D eigenvalue weighted by molar-refractivity contribution is 0.0955. The van der Waals surface area contributed by atoms with E-state index in [-0.39, 0.29) is 11.7 Å². The third-order valence-electron chi connectivity index (χ3n) is 4.59. The van der Waals surface area contributed by atoms with Crippen molar-refractivity contribution in [2.45, 2.75) is 0 Å². The average Bonchev–Trinajstić information content (AvgIpc) is 2.79. The second-order valence-electron chi connectivity index (χ2n) is 6.76. The summed E-state index contributed by atoms with van der Waals surface area (Å²) in [5, 5.41) is 24.7. The minimum Gasteiger partial charge on any atom is -0.507 e. The van der Waals surface area contributed by atoms with E-state index in [0.29, 0.717) is 22.5 Å². The third kappa shape index (κ3) is 4.73. The summed E-state index contributed by atoms with van der Waals surface area (Å²) in [7, 11) is 0. The van der Waals surface area contributed by atoms with Crippen molar-refractivity contribution in [1.82, 2.24) is 5.43 Å². The number of hydrazone groups is 1. The highest BCUT2D eigenvalue weighted by atomic mass is 16.3. The molecule has 4 aromatic carbocycles. The van der Waals surface area contributed by atoms with Crippen molar-refractivity contribution in [3.63, 3.8) is 0 Å². The minimum absolute atomic E-state index is 0.00888. The molecule has 0 bridgehead atoms. The molecule has 31 heavy (non-hydrogen) atoms. The molecule has 152 valence electrons. The minimum atomic E-state index is -0.387. The lowest BCUT2D eigenvalue weighted by atomic mass is 10.1. The molecule has 0 atom stereocenters. The van der Waals surface area contributed by atoms with Crippen LogP contribution in [0.2, 0.25) is 0 Å². The van der Waals surface area contributed by atoms with Gasteiger partial charge in [-0.3, -0.25) is 4.79 Å². The number of nitrogens with two attached hydrogens (primary N) is 1. The third-order valence-corrected chi connectivity index (χ3v) is 4.59. The van der Waals surface area contributed by atoms with Crippen molar-refractivity contribution in [2.75, 3.05) is 5.73 Å². The number of hydrogen-bond donors (Lipinski definition) is 3. The van der Waals surface area contributed by atoms with Crippen molar-refractivity contribution in [3.8, 4) is 5.75 Å². The van der Waals surface area contributed by atoms with Gasteiger partial charge < -0.3 is 10.8 Å². The molecule has 0 fully saturated rings. The molecule has 0 aliphatic heterocycles. The van der Waals surface area contributed by atoms with Crippen LogP contribution in [0.1, 0.15) is 15.9 Å². The van der Waals surface area contributed by atoms with Gasteiger partial charge >= 0.3 is 0 Å². The zero-order valence-electron chi connectivity index (χ0n) is 16.4. The van der Waals surface area contributed by atoms with Crippen LogP contribution < -0.4 is 11.2 Å². The van der Waals surface area contributed by atoms with Crippen molar-refractivity contribution >= 4 is 40.0 Å². The number of nitrogens with zero attached hydrogens (tertiary/aromatic N) is 3. The van der Waals surface area contributed by atoms with E-state index in [1.807, 2.05) is 42.5 Å².